The maximum absolute atomic E-state index is 13.7. The van der Waals surface area contributed by atoms with Gasteiger partial charge in [0.25, 0.3) is 0 Å². The minimum Gasteiger partial charge on any atom is -0.341 e. The fourth-order valence-corrected chi connectivity index (χ4v) is 1.75. The molecule has 8 heteroatoms. The molecular weight excluding hydrogens is 318 g/mol. The van der Waals surface area contributed by atoms with E-state index in [9.17, 15) is 9.18 Å². The van der Waals surface area contributed by atoms with E-state index in [2.05, 4.69) is 20.9 Å². The smallest absolute Gasteiger partial charge is 0.321 e. The van der Waals surface area contributed by atoms with Crippen molar-refractivity contribution in [3.63, 3.8) is 0 Å². The molecule has 5 nitrogen and oxygen atoms in total. The van der Waals surface area contributed by atoms with Crippen molar-refractivity contribution in [3.05, 3.63) is 29.0 Å². The molecule has 1 aromatic rings. The summed E-state index contributed by atoms with van der Waals surface area (Å²) in [5.74, 6) is 0.230. The second-order valence-corrected chi connectivity index (χ2v) is 4.97. The van der Waals surface area contributed by atoms with Crippen LogP contribution in [0.25, 0.3) is 0 Å². The zero-order chi connectivity index (χ0) is 14.5. The Morgan fingerprint density at radius 3 is 2.76 bits per heavy atom. The Kier molecular flexibility index (Phi) is 6.71. The molecule has 2 rings (SSSR count). The molecule has 116 valence electrons. The van der Waals surface area contributed by atoms with E-state index in [1.165, 1.54) is 19.2 Å². The number of halogens is 3. The van der Waals surface area contributed by atoms with Gasteiger partial charge in [0.1, 0.15) is 5.82 Å². The Labute approximate surface area is 133 Å². The van der Waals surface area contributed by atoms with Crippen LogP contribution in [0.4, 0.5) is 14.9 Å². The molecule has 1 saturated carbocycles. The molecule has 0 saturated heterocycles. The maximum Gasteiger partial charge on any atom is 0.321 e. The van der Waals surface area contributed by atoms with E-state index in [1.807, 2.05) is 0 Å². The van der Waals surface area contributed by atoms with Gasteiger partial charge in [0.2, 0.25) is 5.96 Å². The summed E-state index contributed by atoms with van der Waals surface area (Å²) in [6, 6.07) is 3.92. The van der Waals surface area contributed by atoms with Gasteiger partial charge in [-0.1, -0.05) is 17.7 Å². The van der Waals surface area contributed by atoms with Crippen molar-refractivity contribution in [2.75, 3.05) is 18.9 Å². The fourth-order valence-electron chi connectivity index (χ4n) is 1.54. The van der Waals surface area contributed by atoms with Crippen molar-refractivity contribution in [1.29, 1.82) is 0 Å². The Balaban J connectivity index is 0.00000220. The van der Waals surface area contributed by atoms with E-state index in [1.54, 1.807) is 6.07 Å². The molecule has 0 atom stereocenters. The van der Waals surface area contributed by atoms with E-state index in [0.717, 1.165) is 12.8 Å². The molecule has 0 radical (unpaired) electrons. The van der Waals surface area contributed by atoms with Gasteiger partial charge in [-0.15, -0.1) is 12.4 Å². The van der Waals surface area contributed by atoms with Crippen LogP contribution in [-0.4, -0.2) is 25.6 Å². The number of urea groups is 1. The van der Waals surface area contributed by atoms with Gasteiger partial charge in [0.05, 0.1) is 10.7 Å². The van der Waals surface area contributed by atoms with Crippen LogP contribution >= 0.6 is 24.0 Å². The van der Waals surface area contributed by atoms with Gasteiger partial charge in [-0.3, -0.25) is 10.3 Å². The summed E-state index contributed by atoms with van der Waals surface area (Å²) >= 11 is 5.93. The van der Waals surface area contributed by atoms with E-state index in [0.29, 0.717) is 12.5 Å². The molecular formula is C13H17Cl2FN4O. The van der Waals surface area contributed by atoms with Gasteiger partial charge in [-0.25, -0.2) is 9.18 Å². The highest BCUT2D eigenvalue weighted by molar-refractivity contribution is 6.33. The number of hydrogen-bond donors (Lipinski definition) is 3. The summed E-state index contributed by atoms with van der Waals surface area (Å²) < 4.78 is 13.7. The van der Waals surface area contributed by atoms with Crippen LogP contribution in [0.1, 0.15) is 12.8 Å². The van der Waals surface area contributed by atoms with E-state index in [-0.39, 0.29) is 29.1 Å². The maximum atomic E-state index is 13.7. The lowest BCUT2D eigenvalue weighted by Gasteiger charge is -2.13. The van der Waals surface area contributed by atoms with Crippen LogP contribution in [-0.2, 0) is 0 Å². The average molecular weight is 335 g/mol. The zero-order valence-electron chi connectivity index (χ0n) is 11.5. The summed E-state index contributed by atoms with van der Waals surface area (Å²) in [7, 11) is 1.49. The Morgan fingerprint density at radius 2 is 2.19 bits per heavy atom. The minimum atomic E-state index is -0.504. The molecule has 0 bridgehead atoms. The summed E-state index contributed by atoms with van der Waals surface area (Å²) in [5, 5.41) is 7.89. The number of carbonyl (C=O) groups excluding carboxylic acids is 1. The lowest BCUT2D eigenvalue weighted by Crippen LogP contribution is -2.41. The molecule has 1 fully saturated rings. The van der Waals surface area contributed by atoms with Crippen LogP contribution in [0, 0.1) is 11.7 Å². The predicted octanol–water partition coefficient (Wildman–Crippen LogP) is 3.01. The normalized spacial score (nSPS) is 14.1. The Morgan fingerprint density at radius 1 is 1.48 bits per heavy atom. The lowest BCUT2D eigenvalue weighted by atomic mass is 10.3. The highest BCUT2D eigenvalue weighted by atomic mass is 35.5. The van der Waals surface area contributed by atoms with Crippen LogP contribution < -0.4 is 16.0 Å². The summed E-state index contributed by atoms with van der Waals surface area (Å²) in [6.07, 6.45) is 2.27. The SMILES string of the molecule is CNC(=O)NC(=NCC1CC1)Nc1c(F)cccc1Cl.Cl. The number of nitrogens with one attached hydrogen (secondary N) is 3. The van der Waals surface area contributed by atoms with Crippen LogP contribution in [0.3, 0.4) is 0 Å². The van der Waals surface area contributed by atoms with Crippen molar-refractivity contribution >= 4 is 41.7 Å². The van der Waals surface area contributed by atoms with Crippen LogP contribution in [0.5, 0.6) is 0 Å². The van der Waals surface area contributed by atoms with Crippen LogP contribution in [0.2, 0.25) is 5.02 Å². The molecule has 1 aliphatic carbocycles. The molecule has 0 aromatic heterocycles. The van der Waals surface area contributed by atoms with Crippen molar-refractivity contribution in [1.82, 2.24) is 10.6 Å². The number of guanidine groups is 1. The molecule has 0 aliphatic heterocycles. The molecule has 2 amide bonds. The number of aliphatic imine (C=N–C) groups is 1. The first-order valence-corrected chi connectivity index (χ1v) is 6.72. The average Bonchev–Trinajstić information content (AvgIpc) is 3.24. The highest BCUT2D eigenvalue weighted by Gasteiger charge is 2.21. The van der Waals surface area contributed by atoms with Crippen molar-refractivity contribution in [3.8, 4) is 0 Å². The van der Waals surface area contributed by atoms with Crippen LogP contribution in [0.15, 0.2) is 23.2 Å². The Bertz CT molecular complexity index is 515. The second kappa shape index (κ2) is 8.05. The first-order chi connectivity index (χ1) is 9.60. The number of para-hydroxylation sites is 1. The number of amides is 2. The second-order valence-electron chi connectivity index (χ2n) is 4.56. The number of rotatable bonds is 3. The molecule has 0 spiro atoms. The van der Waals surface area contributed by atoms with E-state index >= 15 is 0 Å². The summed E-state index contributed by atoms with van der Waals surface area (Å²) in [5.41, 5.74) is 0.0973. The van der Waals surface area contributed by atoms with E-state index in [4.69, 9.17) is 11.6 Å². The van der Waals surface area contributed by atoms with Gasteiger partial charge >= 0.3 is 6.03 Å². The zero-order valence-corrected chi connectivity index (χ0v) is 13.0. The third-order valence-corrected chi connectivity index (χ3v) is 3.18. The molecule has 3 N–H and O–H groups in total. The number of anilines is 1. The number of nitrogens with zero attached hydrogens (tertiary/aromatic N) is 1. The Hall–Kier alpha value is -1.53. The fraction of sp³-hybridized carbons (Fsp3) is 0.385. The standard InChI is InChI=1S/C13H16ClFN4O.ClH/c1-16-13(20)19-12(17-7-8-5-6-8)18-11-9(14)3-2-4-10(11)15;/h2-4,8H,5-7H2,1H3,(H3,16,17,18,19,20);1H. The third-order valence-electron chi connectivity index (χ3n) is 2.87. The third kappa shape index (κ3) is 5.40. The molecule has 21 heavy (non-hydrogen) atoms. The summed E-state index contributed by atoms with van der Waals surface area (Å²) in [4.78, 5) is 15.6. The quantitative estimate of drug-likeness (QED) is 0.587. The first-order valence-electron chi connectivity index (χ1n) is 6.34. The van der Waals surface area contributed by atoms with Gasteiger partial charge < -0.3 is 10.6 Å². The lowest BCUT2D eigenvalue weighted by molar-refractivity contribution is 0.247. The van der Waals surface area contributed by atoms with Crippen molar-refractivity contribution in [2.45, 2.75) is 12.8 Å². The highest BCUT2D eigenvalue weighted by Crippen LogP contribution is 2.29. The molecule has 0 heterocycles. The molecule has 1 aliphatic rings. The molecule has 1 aromatic carbocycles. The van der Waals surface area contributed by atoms with Gasteiger partial charge in [-0.2, -0.15) is 0 Å². The minimum absolute atomic E-state index is 0. The van der Waals surface area contributed by atoms with Crippen molar-refractivity contribution in [2.24, 2.45) is 10.9 Å². The topological polar surface area (TPSA) is 65.5 Å². The van der Waals surface area contributed by atoms with Gasteiger partial charge in [0, 0.05) is 13.6 Å². The van der Waals surface area contributed by atoms with Crippen molar-refractivity contribution < 1.29 is 9.18 Å². The number of benzene rings is 1. The number of carbonyl (C=O) groups is 1. The predicted molar refractivity (Wildman–Crippen MR) is 84.9 cm³/mol. The number of hydrogen-bond acceptors (Lipinski definition) is 2. The van der Waals surface area contributed by atoms with E-state index < -0.39 is 11.8 Å². The van der Waals surface area contributed by atoms with Gasteiger partial charge in [0.15, 0.2) is 0 Å². The van der Waals surface area contributed by atoms with Gasteiger partial charge in [-0.05, 0) is 30.9 Å². The summed E-state index contributed by atoms with van der Waals surface area (Å²) in [6.45, 7) is 0.596. The molecule has 0 unspecified atom stereocenters. The monoisotopic (exact) mass is 334 g/mol. The largest absolute Gasteiger partial charge is 0.341 e. The first kappa shape index (κ1) is 17.5.